The molecule has 0 spiro atoms. The molecule has 0 saturated carbocycles. The van der Waals surface area contributed by atoms with Crippen molar-refractivity contribution in [3.63, 3.8) is 0 Å². The maximum absolute atomic E-state index is 11.5. The van der Waals surface area contributed by atoms with Crippen LogP contribution in [-0.4, -0.2) is 67.2 Å². The highest BCUT2D eigenvalue weighted by Gasteiger charge is 2.55. The van der Waals surface area contributed by atoms with Crippen molar-refractivity contribution in [2.75, 3.05) is 6.61 Å². The second-order valence-electron chi connectivity index (χ2n) is 5.68. The Balaban J connectivity index is 3.20. The van der Waals surface area contributed by atoms with Gasteiger partial charge in [0.25, 0.3) is 0 Å². The van der Waals surface area contributed by atoms with Crippen molar-refractivity contribution in [3.05, 3.63) is 0 Å². The number of rotatable bonds is 7. The maximum atomic E-state index is 11.5. The topological polar surface area (TPSA) is 141 Å². The number of carbonyl (C=O) groups is 5. The summed E-state index contributed by atoms with van der Waals surface area (Å²) < 4.78 is 30.7. The summed E-state index contributed by atoms with van der Waals surface area (Å²) >= 11 is 0. The van der Waals surface area contributed by atoms with Crippen molar-refractivity contribution >= 4 is 29.8 Å². The van der Waals surface area contributed by atoms with E-state index in [0.717, 1.165) is 34.6 Å². The fourth-order valence-corrected chi connectivity index (χ4v) is 2.46. The second-order valence-corrected chi connectivity index (χ2v) is 5.68. The predicted octanol–water partition coefficient (Wildman–Crippen LogP) is -0.367. The fourth-order valence-electron chi connectivity index (χ4n) is 2.46. The molecule has 152 valence electrons. The summed E-state index contributed by atoms with van der Waals surface area (Å²) in [5.74, 6) is -3.62. The number of ether oxygens (including phenoxy) is 6. The van der Waals surface area contributed by atoms with E-state index in [1.54, 1.807) is 0 Å². The standard InChI is InChI=1S/C16H22O11/c1-7(17)22-6-12(23-8(2)18)13-14(24-9(3)19)15(25-10(4)20)16(27-13)26-11(5)21/h12-16H,6H2,1-5H3/t12-,13-,14-,15+,16-/m1/s1. The molecule has 1 aliphatic rings. The van der Waals surface area contributed by atoms with Crippen molar-refractivity contribution in [2.24, 2.45) is 0 Å². The molecule has 1 rings (SSSR count). The third-order valence-electron chi connectivity index (χ3n) is 3.23. The average Bonchev–Trinajstić information content (AvgIpc) is 2.79. The Morgan fingerprint density at radius 3 is 1.70 bits per heavy atom. The summed E-state index contributed by atoms with van der Waals surface area (Å²) in [5, 5.41) is 0. The lowest BCUT2D eigenvalue weighted by Crippen LogP contribution is -2.46. The zero-order chi connectivity index (χ0) is 20.7. The van der Waals surface area contributed by atoms with Crippen LogP contribution >= 0.6 is 0 Å². The van der Waals surface area contributed by atoms with Gasteiger partial charge in [-0.15, -0.1) is 0 Å². The molecule has 11 nitrogen and oxygen atoms in total. The van der Waals surface area contributed by atoms with Crippen LogP contribution in [0.25, 0.3) is 0 Å². The van der Waals surface area contributed by atoms with Gasteiger partial charge in [-0.25, -0.2) is 0 Å². The molecule has 0 aromatic carbocycles. The Morgan fingerprint density at radius 1 is 0.741 bits per heavy atom. The van der Waals surface area contributed by atoms with Crippen molar-refractivity contribution in [2.45, 2.75) is 65.3 Å². The SMILES string of the molecule is CC(=O)OC[C@@H](OC(C)=O)[C@H]1O[C@@H](OC(C)=O)[C@@H](OC(C)=O)[C@@H]1OC(C)=O. The lowest BCUT2D eigenvalue weighted by molar-refractivity contribution is -0.203. The molecule has 11 heteroatoms. The summed E-state index contributed by atoms with van der Waals surface area (Å²) in [6.45, 7) is 5.15. The molecule has 27 heavy (non-hydrogen) atoms. The van der Waals surface area contributed by atoms with Gasteiger partial charge in [-0.05, 0) is 0 Å². The highest BCUT2D eigenvalue weighted by molar-refractivity contribution is 5.69. The number of hydrogen-bond acceptors (Lipinski definition) is 11. The first-order valence-corrected chi connectivity index (χ1v) is 7.99. The Labute approximate surface area is 155 Å². The van der Waals surface area contributed by atoms with Gasteiger partial charge in [0.1, 0.15) is 12.7 Å². The smallest absolute Gasteiger partial charge is 0.305 e. The minimum Gasteiger partial charge on any atom is -0.462 e. The second kappa shape index (κ2) is 9.86. The molecule has 0 amide bonds. The molecule has 0 unspecified atom stereocenters. The summed E-state index contributed by atoms with van der Waals surface area (Å²) in [6, 6.07) is 0. The average molecular weight is 390 g/mol. The molecule has 1 aliphatic heterocycles. The van der Waals surface area contributed by atoms with E-state index in [1.165, 1.54) is 0 Å². The van der Waals surface area contributed by atoms with E-state index >= 15 is 0 Å². The highest BCUT2D eigenvalue weighted by atomic mass is 16.8. The van der Waals surface area contributed by atoms with Crippen LogP contribution in [0.15, 0.2) is 0 Å². The van der Waals surface area contributed by atoms with E-state index < -0.39 is 67.2 Å². The first-order valence-electron chi connectivity index (χ1n) is 7.99. The van der Waals surface area contributed by atoms with Crippen LogP contribution in [0.2, 0.25) is 0 Å². The zero-order valence-electron chi connectivity index (χ0n) is 15.6. The largest absolute Gasteiger partial charge is 0.462 e. The van der Waals surface area contributed by atoms with Crippen LogP contribution in [0.5, 0.6) is 0 Å². The van der Waals surface area contributed by atoms with Crippen LogP contribution in [-0.2, 0) is 52.4 Å². The third kappa shape index (κ3) is 7.21. The zero-order valence-corrected chi connectivity index (χ0v) is 15.6. The number of esters is 5. The van der Waals surface area contributed by atoms with Gasteiger partial charge in [-0.1, -0.05) is 0 Å². The van der Waals surface area contributed by atoms with Crippen LogP contribution in [0, 0.1) is 0 Å². The Morgan fingerprint density at radius 2 is 1.26 bits per heavy atom. The molecule has 1 saturated heterocycles. The molecule has 0 N–H and O–H groups in total. The van der Waals surface area contributed by atoms with Gasteiger partial charge in [0.05, 0.1) is 0 Å². The van der Waals surface area contributed by atoms with Gasteiger partial charge in [-0.3, -0.25) is 24.0 Å². The first-order chi connectivity index (χ1) is 12.5. The van der Waals surface area contributed by atoms with Crippen LogP contribution in [0.3, 0.4) is 0 Å². The van der Waals surface area contributed by atoms with Gasteiger partial charge in [0.2, 0.25) is 12.4 Å². The summed E-state index contributed by atoms with van der Waals surface area (Å²) in [7, 11) is 0. The predicted molar refractivity (Wildman–Crippen MR) is 83.7 cm³/mol. The van der Waals surface area contributed by atoms with Gasteiger partial charge < -0.3 is 28.4 Å². The Bertz CT molecular complexity index is 599. The first kappa shape index (κ1) is 22.4. The molecule has 1 fully saturated rings. The van der Waals surface area contributed by atoms with Crippen molar-refractivity contribution < 1.29 is 52.4 Å². The van der Waals surface area contributed by atoms with Gasteiger partial charge in [-0.2, -0.15) is 0 Å². The van der Waals surface area contributed by atoms with Gasteiger partial charge >= 0.3 is 29.8 Å². The third-order valence-corrected chi connectivity index (χ3v) is 3.23. The van der Waals surface area contributed by atoms with Gasteiger partial charge in [0, 0.05) is 34.6 Å². The van der Waals surface area contributed by atoms with E-state index in [-0.39, 0.29) is 0 Å². The minimum absolute atomic E-state index is 0.420. The van der Waals surface area contributed by atoms with Crippen LogP contribution in [0.4, 0.5) is 0 Å². The molecule has 0 aromatic heterocycles. The van der Waals surface area contributed by atoms with E-state index in [0.29, 0.717) is 0 Å². The summed E-state index contributed by atoms with van der Waals surface area (Å²) in [5.41, 5.74) is 0. The molecule has 0 bridgehead atoms. The Hall–Kier alpha value is -2.69. The summed E-state index contributed by atoms with van der Waals surface area (Å²) in [4.78, 5) is 56.7. The summed E-state index contributed by atoms with van der Waals surface area (Å²) in [6.07, 6.45) is -6.46. The molecule has 0 aromatic rings. The number of hydrogen-bond donors (Lipinski definition) is 0. The van der Waals surface area contributed by atoms with E-state index in [2.05, 4.69) is 0 Å². The fraction of sp³-hybridized carbons (Fsp3) is 0.688. The maximum Gasteiger partial charge on any atom is 0.305 e. The van der Waals surface area contributed by atoms with Gasteiger partial charge in [0.15, 0.2) is 12.2 Å². The number of carbonyl (C=O) groups excluding carboxylic acids is 5. The molecule has 1 heterocycles. The van der Waals surface area contributed by atoms with Crippen molar-refractivity contribution in [1.29, 1.82) is 0 Å². The molecule has 0 aliphatic carbocycles. The molecule has 0 radical (unpaired) electrons. The lowest BCUT2D eigenvalue weighted by Gasteiger charge is -2.27. The quantitative estimate of drug-likeness (QED) is 0.415. The molecular formula is C16H22O11. The highest BCUT2D eigenvalue weighted by Crippen LogP contribution is 2.31. The van der Waals surface area contributed by atoms with E-state index in [4.69, 9.17) is 28.4 Å². The van der Waals surface area contributed by atoms with Crippen LogP contribution < -0.4 is 0 Å². The minimum atomic E-state index is -1.42. The lowest BCUT2D eigenvalue weighted by atomic mass is 10.1. The normalized spacial score (nSPS) is 25.1. The Kier molecular flexibility index (Phi) is 8.16. The molecule has 5 atom stereocenters. The molecular weight excluding hydrogens is 368 g/mol. The van der Waals surface area contributed by atoms with Crippen LogP contribution in [0.1, 0.15) is 34.6 Å². The van der Waals surface area contributed by atoms with E-state index in [1.807, 2.05) is 0 Å². The van der Waals surface area contributed by atoms with Crippen molar-refractivity contribution in [1.82, 2.24) is 0 Å². The monoisotopic (exact) mass is 390 g/mol. The van der Waals surface area contributed by atoms with Crippen molar-refractivity contribution in [3.8, 4) is 0 Å². The van der Waals surface area contributed by atoms with E-state index in [9.17, 15) is 24.0 Å².